The van der Waals surface area contributed by atoms with E-state index in [-0.39, 0.29) is 5.69 Å². The van der Waals surface area contributed by atoms with Gasteiger partial charge in [0.05, 0.1) is 17.9 Å². The van der Waals surface area contributed by atoms with Gasteiger partial charge in [0.1, 0.15) is 0 Å². The Hall–Kier alpha value is -2.08. The molecule has 2 aromatic rings. The van der Waals surface area contributed by atoms with Crippen molar-refractivity contribution in [1.82, 2.24) is 14.1 Å². The fourth-order valence-corrected chi connectivity index (χ4v) is 2.01. The van der Waals surface area contributed by atoms with E-state index in [2.05, 4.69) is 10.4 Å². The molecular formula is C12H15N5O. The third kappa shape index (κ3) is 2.02. The van der Waals surface area contributed by atoms with Crippen LogP contribution in [-0.4, -0.2) is 14.1 Å². The molecule has 94 valence electrons. The van der Waals surface area contributed by atoms with Gasteiger partial charge in [-0.2, -0.15) is 0 Å². The number of hydrazine groups is 1. The maximum absolute atomic E-state index is 12.1. The van der Waals surface area contributed by atoms with Crippen LogP contribution >= 0.6 is 0 Å². The zero-order valence-electron chi connectivity index (χ0n) is 9.91. The number of anilines is 1. The molecule has 0 aromatic carbocycles. The molecule has 0 saturated heterocycles. The van der Waals surface area contributed by atoms with Crippen LogP contribution in [0.1, 0.15) is 24.6 Å². The lowest BCUT2D eigenvalue weighted by molar-refractivity contribution is 0.651. The van der Waals surface area contributed by atoms with E-state index >= 15 is 0 Å². The molecule has 1 aliphatic rings. The van der Waals surface area contributed by atoms with Crippen LogP contribution in [0.25, 0.3) is 0 Å². The summed E-state index contributed by atoms with van der Waals surface area (Å²) >= 11 is 0. The maximum atomic E-state index is 12.1. The summed E-state index contributed by atoms with van der Waals surface area (Å²) in [4.78, 5) is 16.3. The molecule has 1 aliphatic carbocycles. The first kappa shape index (κ1) is 11.0. The van der Waals surface area contributed by atoms with Crippen LogP contribution in [-0.2, 0) is 6.54 Å². The SMILES string of the molecule is NNc1ccnc(Cn2ccn(C3CC3)c2=O)c1. The van der Waals surface area contributed by atoms with Gasteiger partial charge < -0.3 is 5.43 Å². The zero-order valence-corrected chi connectivity index (χ0v) is 9.91. The molecule has 6 nitrogen and oxygen atoms in total. The molecule has 0 amide bonds. The number of hydrogen-bond acceptors (Lipinski definition) is 4. The Morgan fingerprint density at radius 2 is 2.28 bits per heavy atom. The van der Waals surface area contributed by atoms with Crippen molar-refractivity contribution in [2.24, 2.45) is 5.84 Å². The largest absolute Gasteiger partial charge is 0.328 e. The minimum atomic E-state index is 0.0328. The van der Waals surface area contributed by atoms with Crippen molar-refractivity contribution in [1.29, 1.82) is 0 Å². The van der Waals surface area contributed by atoms with Crippen molar-refractivity contribution >= 4 is 5.69 Å². The first-order chi connectivity index (χ1) is 8.78. The highest BCUT2D eigenvalue weighted by Gasteiger charge is 2.25. The monoisotopic (exact) mass is 245 g/mol. The standard InChI is InChI=1S/C12H15N5O/c13-15-9-3-4-14-10(7-9)8-16-5-6-17(12(16)18)11-1-2-11/h3-7,11H,1-2,8,13H2,(H,14,15). The average Bonchev–Trinajstić information content (AvgIpc) is 3.17. The number of imidazole rings is 1. The molecule has 0 unspecified atom stereocenters. The molecule has 0 spiro atoms. The number of nitrogens with zero attached hydrogens (tertiary/aromatic N) is 3. The Labute approximate surface area is 104 Å². The molecule has 6 heteroatoms. The first-order valence-corrected chi connectivity index (χ1v) is 5.97. The number of nitrogens with two attached hydrogens (primary N) is 1. The number of nitrogen functional groups attached to an aromatic ring is 1. The summed E-state index contributed by atoms with van der Waals surface area (Å²) < 4.78 is 3.46. The van der Waals surface area contributed by atoms with Crippen molar-refractivity contribution in [2.45, 2.75) is 25.4 Å². The van der Waals surface area contributed by atoms with E-state index in [0.717, 1.165) is 24.2 Å². The predicted molar refractivity (Wildman–Crippen MR) is 68.1 cm³/mol. The van der Waals surface area contributed by atoms with Crippen LogP contribution < -0.4 is 17.0 Å². The van der Waals surface area contributed by atoms with Crippen LogP contribution in [0.2, 0.25) is 0 Å². The van der Waals surface area contributed by atoms with Gasteiger partial charge in [0.15, 0.2) is 0 Å². The second-order valence-corrected chi connectivity index (χ2v) is 4.53. The van der Waals surface area contributed by atoms with Gasteiger partial charge in [0, 0.05) is 24.6 Å². The molecular weight excluding hydrogens is 230 g/mol. The van der Waals surface area contributed by atoms with Crippen molar-refractivity contribution in [2.75, 3.05) is 5.43 Å². The molecule has 0 bridgehead atoms. The Bertz CT molecular complexity index is 611. The highest BCUT2D eigenvalue weighted by Crippen LogP contribution is 2.33. The predicted octanol–water partition coefficient (Wildman–Crippen LogP) is 0.714. The third-order valence-corrected chi connectivity index (χ3v) is 3.13. The van der Waals surface area contributed by atoms with E-state index in [0.29, 0.717) is 12.6 Å². The number of pyridine rings is 1. The van der Waals surface area contributed by atoms with Crippen molar-refractivity contribution in [3.05, 3.63) is 46.9 Å². The highest BCUT2D eigenvalue weighted by atomic mass is 16.1. The lowest BCUT2D eigenvalue weighted by atomic mass is 10.3. The van der Waals surface area contributed by atoms with Gasteiger partial charge in [-0.15, -0.1) is 0 Å². The fraction of sp³-hybridized carbons (Fsp3) is 0.333. The molecule has 2 heterocycles. The summed E-state index contributed by atoms with van der Waals surface area (Å²) in [6.45, 7) is 0.466. The van der Waals surface area contributed by atoms with E-state index in [1.807, 2.05) is 18.5 Å². The lowest BCUT2D eigenvalue weighted by Crippen LogP contribution is -2.24. The summed E-state index contributed by atoms with van der Waals surface area (Å²) in [6.07, 6.45) is 7.55. The van der Waals surface area contributed by atoms with E-state index in [9.17, 15) is 4.79 Å². The van der Waals surface area contributed by atoms with Crippen LogP contribution in [0.4, 0.5) is 5.69 Å². The lowest BCUT2D eigenvalue weighted by Gasteiger charge is -2.04. The van der Waals surface area contributed by atoms with E-state index in [4.69, 9.17) is 5.84 Å². The molecule has 18 heavy (non-hydrogen) atoms. The van der Waals surface area contributed by atoms with Crippen molar-refractivity contribution < 1.29 is 0 Å². The average molecular weight is 245 g/mol. The number of hydrogen-bond donors (Lipinski definition) is 2. The molecule has 3 rings (SSSR count). The van der Waals surface area contributed by atoms with Crippen LogP contribution in [0.5, 0.6) is 0 Å². The Morgan fingerprint density at radius 3 is 3.00 bits per heavy atom. The van der Waals surface area contributed by atoms with Crippen molar-refractivity contribution in [3.8, 4) is 0 Å². The highest BCUT2D eigenvalue weighted by molar-refractivity contribution is 5.41. The Balaban J connectivity index is 1.85. The molecule has 2 aromatic heterocycles. The van der Waals surface area contributed by atoms with Crippen LogP contribution in [0.3, 0.4) is 0 Å². The molecule has 0 aliphatic heterocycles. The van der Waals surface area contributed by atoms with E-state index in [1.165, 1.54) is 0 Å². The van der Waals surface area contributed by atoms with Gasteiger partial charge in [-0.1, -0.05) is 0 Å². The number of nitrogens with one attached hydrogen (secondary N) is 1. The molecule has 1 fully saturated rings. The van der Waals surface area contributed by atoms with Crippen molar-refractivity contribution in [3.63, 3.8) is 0 Å². The third-order valence-electron chi connectivity index (χ3n) is 3.13. The molecule has 0 atom stereocenters. The molecule has 3 N–H and O–H groups in total. The first-order valence-electron chi connectivity index (χ1n) is 5.97. The smallest absolute Gasteiger partial charge is 0.324 e. The molecule has 1 saturated carbocycles. The van der Waals surface area contributed by atoms with Gasteiger partial charge in [-0.3, -0.25) is 20.0 Å². The summed E-state index contributed by atoms with van der Waals surface area (Å²) in [6, 6.07) is 4.02. The summed E-state index contributed by atoms with van der Waals surface area (Å²) in [5, 5.41) is 0. The second-order valence-electron chi connectivity index (χ2n) is 4.53. The van der Waals surface area contributed by atoms with Crippen LogP contribution in [0, 0.1) is 0 Å². The molecule has 0 radical (unpaired) electrons. The van der Waals surface area contributed by atoms with Gasteiger partial charge in [0.2, 0.25) is 0 Å². The number of aromatic nitrogens is 3. The second kappa shape index (κ2) is 4.30. The van der Waals surface area contributed by atoms with Gasteiger partial charge >= 0.3 is 5.69 Å². The summed E-state index contributed by atoms with van der Waals surface area (Å²) in [5.41, 5.74) is 4.19. The summed E-state index contributed by atoms with van der Waals surface area (Å²) in [5.74, 6) is 5.34. The Morgan fingerprint density at radius 1 is 1.44 bits per heavy atom. The zero-order chi connectivity index (χ0) is 12.5. The summed E-state index contributed by atoms with van der Waals surface area (Å²) in [7, 11) is 0. The number of rotatable bonds is 4. The normalized spacial score (nSPS) is 14.7. The van der Waals surface area contributed by atoms with E-state index < -0.39 is 0 Å². The minimum Gasteiger partial charge on any atom is -0.324 e. The topological polar surface area (TPSA) is 77.9 Å². The minimum absolute atomic E-state index is 0.0328. The maximum Gasteiger partial charge on any atom is 0.328 e. The van der Waals surface area contributed by atoms with Crippen LogP contribution in [0.15, 0.2) is 35.5 Å². The van der Waals surface area contributed by atoms with Gasteiger partial charge in [-0.05, 0) is 25.0 Å². The van der Waals surface area contributed by atoms with Gasteiger partial charge in [0.25, 0.3) is 0 Å². The quantitative estimate of drug-likeness (QED) is 0.614. The van der Waals surface area contributed by atoms with E-state index in [1.54, 1.807) is 21.4 Å². The Kier molecular flexibility index (Phi) is 2.64. The fourth-order valence-electron chi connectivity index (χ4n) is 2.01. The van der Waals surface area contributed by atoms with Gasteiger partial charge in [-0.25, -0.2) is 4.79 Å².